The molecule has 0 bridgehead atoms. The van der Waals surface area contributed by atoms with Gasteiger partial charge in [0.15, 0.2) is 0 Å². The molecule has 0 fully saturated rings. The van der Waals surface area contributed by atoms with Crippen molar-refractivity contribution in [2.24, 2.45) is 0 Å². The Morgan fingerprint density at radius 1 is 1.35 bits per heavy atom. The minimum atomic E-state index is -0.0729. The number of carbonyl (C=O) groups excluding carboxylic acids is 2. The molecule has 0 aliphatic rings. The Hall–Kier alpha value is -0.810. The third-order valence-electron chi connectivity index (χ3n) is 2.37. The Morgan fingerprint density at radius 3 is 2.59 bits per heavy atom. The summed E-state index contributed by atoms with van der Waals surface area (Å²) in [6.45, 7) is 2.47. The van der Waals surface area contributed by atoms with E-state index in [4.69, 9.17) is 0 Å². The summed E-state index contributed by atoms with van der Waals surface area (Å²) in [5.74, 6) is -0.0575. The topological polar surface area (TPSA) is 58.2 Å². The van der Waals surface area contributed by atoms with Crippen LogP contribution in [0.2, 0.25) is 0 Å². The Morgan fingerprint density at radius 2 is 2.06 bits per heavy atom. The van der Waals surface area contributed by atoms with Crippen molar-refractivity contribution in [2.45, 2.75) is 32.2 Å². The Labute approximate surface area is 108 Å². The summed E-state index contributed by atoms with van der Waals surface area (Å²) < 4.78 is 0. The zero-order valence-electron chi connectivity index (χ0n) is 10.8. The van der Waals surface area contributed by atoms with Crippen molar-refractivity contribution in [1.82, 2.24) is 10.6 Å². The average molecular weight is 258 g/mol. The first-order valence-corrected chi connectivity index (χ1v) is 7.03. The molecule has 1 atom stereocenters. The molecule has 0 radical (unpaired) electrons. The number of hydrogen-bond acceptors (Lipinski definition) is 4. The van der Waals surface area contributed by atoms with Gasteiger partial charge >= 0.3 is 0 Å². The van der Waals surface area contributed by atoms with Crippen molar-refractivity contribution in [3.05, 3.63) is 12.2 Å². The van der Waals surface area contributed by atoms with Crippen LogP contribution in [0.1, 0.15) is 26.2 Å². The fourth-order valence-corrected chi connectivity index (χ4v) is 1.94. The van der Waals surface area contributed by atoms with E-state index in [1.165, 1.54) is 17.8 Å². The fraction of sp³-hybridized carbons (Fsp3) is 0.667. The number of unbranched alkanes of at least 4 members (excludes halogenated alkanes) is 1. The molecule has 0 rings (SSSR count). The van der Waals surface area contributed by atoms with Crippen molar-refractivity contribution in [2.75, 3.05) is 19.8 Å². The van der Waals surface area contributed by atoms with E-state index in [9.17, 15) is 9.59 Å². The van der Waals surface area contributed by atoms with Gasteiger partial charge in [-0.05, 0) is 45.6 Å². The smallest absolute Gasteiger partial charge is 0.243 e. The SMILES string of the molecule is CC=CC(=O)NCCCCC(NC)C(=O)SC. The Bertz CT molecular complexity index is 267. The van der Waals surface area contributed by atoms with Gasteiger partial charge in [-0.3, -0.25) is 9.59 Å². The average Bonchev–Trinajstić information content (AvgIpc) is 2.33. The highest BCUT2D eigenvalue weighted by atomic mass is 32.2. The lowest BCUT2D eigenvalue weighted by Gasteiger charge is -2.12. The number of amides is 1. The molecule has 2 N–H and O–H groups in total. The molecule has 0 spiro atoms. The molecule has 0 heterocycles. The van der Waals surface area contributed by atoms with E-state index in [1.807, 2.05) is 6.92 Å². The van der Waals surface area contributed by atoms with Crippen LogP contribution >= 0.6 is 11.8 Å². The van der Waals surface area contributed by atoms with Crippen LogP contribution in [0, 0.1) is 0 Å². The number of allylic oxidation sites excluding steroid dienone is 1. The first-order chi connectivity index (χ1) is 8.15. The van der Waals surface area contributed by atoms with Crippen molar-refractivity contribution >= 4 is 22.8 Å². The van der Waals surface area contributed by atoms with E-state index in [0.717, 1.165) is 19.3 Å². The van der Waals surface area contributed by atoms with E-state index in [-0.39, 0.29) is 17.1 Å². The summed E-state index contributed by atoms with van der Waals surface area (Å²) in [5.41, 5.74) is 0. The Balaban J connectivity index is 3.62. The van der Waals surface area contributed by atoms with E-state index < -0.39 is 0 Å². The highest BCUT2D eigenvalue weighted by Crippen LogP contribution is 2.07. The lowest BCUT2D eigenvalue weighted by Crippen LogP contribution is -2.32. The molecule has 0 saturated carbocycles. The highest BCUT2D eigenvalue weighted by molar-refractivity contribution is 8.13. The lowest BCUT2D eigenvalue weighted by molar-refractivity contribution is -0.116. The van der Waals surface area contributed by atoms with Gasteiger partial charge in [0.25, 0.3) is 0 Å². The largest absolute Gasteiger partial charge is 0.353 e. The van der Waals surface area contributed by atoms with E-state index in [1.54, 1.807) is 19.4 Å². The molecule has 0 saturated heterocycles. The second-order valence-corrected chi connectivity index (χ2v) is 4.46. The van der Waals surface area contributed by atoms with E-state index >= 15 is 0 Å². The molecule has 0 aliphatic carbocycles. The monoisotopic (exact) mass is 258 g/mol. The molecule has 0 aromatic rings. The molecule has 1 amide bonds. The van der Waals surface area contributed by atoms with Crippen molar-refractivity contribution in [3.8, 4) is 0 Å². The van der Waals surface area contributed by atoms with Crippen molar-refractivity contribution in [3.63, 3.8) is 0 Å². The normalized spacial score (nSPS) is 12.6. The summed E-state index contributed by atoms with van der Waals surface area (Å²) in [7, 11) is 1.80. The highest BCUT2D eigenvalue weighted by Gasteiger charge is 2.13. The van der Waals surface area contributed by atoms with Crippen molar-refractivity contribution in [1.29, 1.82) is 0 Å². The van der Waals surface area contributed by atoms with Crippen LogP contribution in [0.5, 0.6) is 0 Å². The van der Waals surface area contributed by atoms with Crippen LogP contribution in [0.4, 0.5) is 0 Å². The Kier molecular flexibility index (Phi) is 9.86. The van der Waals surface area contributed by atoms with Gasteiger partial charge in [0.2, 0.25) is 11.0 Å². The predicted octanol–water partition coefficient (Wildman–Crippen LogP) is 1.33. The molecule has 4 nitrogen and oxygen atoms in total. The van der Waals surface area contributed by atoms with Crippen LogP contribution < -0.4 is 10.6 Å². The summed E-state index contributed by atoms with van der Waals surface area (Å²) in [4.78, 5) is 22.5. The van der Waals surface area contributed by atoms with Gasteiger partial charge in [-0.1, -0.05) is 17.8 Å². The number of hydrogen-bond donors (Lipinski definition) is 2. The quantitative estimate of drug-likeness (QED) is 0.509. The summed E-state index contributed by atoms with van der Waals surface area (Å²) in [6, 6.07) is -0.0729. The van der Waals surface area contributed by atoms with Gasteiger partial charge < -0.3 is 10.6 Å². The third-order valence-corrected chi connectivity index (χ3v) is 3.06. The number of carbonyl (C=O) groups is 2. The standard InChI is InChI=1S/C12H22N2O2S/c1-4-7-11(15)14-9-6-5-8-10(13-2)12(16)17-3/h4,7,10,13H,5-6,8-9H2,1-3H3,(H,14,15). The number of thioether (sulfide) groups is 1. The number of likely N-dealkylation sites (N-methyl/N-ethyl adjacent to an activating group) is 1. The van der Waals surface area contributed by atoms with Crippen LogP contribution in [-0.2, 0) is 9.59 Å². The minimum Gasteiger partial charge on any atom is -0.353 e. The van der Waals surface area contributed by atoms with Gasteiger partial charge in [0.1, 0.15) is 0 Å². The van der Waals surface area contributed by atoms with Crippen LogP contribution in [0.3, 0.4) is 0 Å². The predicted molar refractivity (Wildman–Crippen MR) is 73.0 cm³/mol. The maximum absolute atomic E-state index is 11.4. The first-order valence-electron chi connectivity index (χ1n) is 5.81. The maximum Gasteiger partial charge on any atom is 0.243 e. The zero-order chi connectivity index (χ0) is 13.1. The number of nitrogens with one attached hydrogen (secondary N) is 2. The molecular weight excluding hydrogens is 236 g/mol. The van der Waals surface area contributed by atoms with Gasteiger partial charge in [-0.2, -0.15) is 0 Å². The molecule has 5 heteroatoms. The molecule has 0 aromatic carbocycles. The minimum absolute atomic E-state index is 0.0575. The second kappa shape index (κ2) is 10.4. The van der Waals surface area contributed by atoms with Gasteiger partial charge in [0, 0.05) is 6.54 Å². The number of rotatable bonds is 8. The second-order valence-electron chi connectivity index (χ2n) is 3.65. The summed E-state index contributed by atoms with van der Waals surface area (Å²) in [6.07, 6.45) is 7.65. The van der Waals surface area contributed by atoms with Crippen LogP contribution in [0.25, 0.3) is 0 Å². The first kappa shape index (κ1) is 16.2. The third kappa shape index (κ3) is 7.99. The molecule has 1 unspecified atom stereocenters. The van der Waals surface area contributed by atoms with Crippen LogP contribution in [-0.4, -0.2) is 36.9 Å². The summed E-state index contributed by atoms with van der Waals surface area (Å²) in [5, 5.41) is 5.96. The van der Waals surface area contributed by atoms with Gasteiger partial charge in [-0.15, -0.1) is 0 Å². The summed E-state index contributed by atoms with van der Waals surface area (Å²) >= 11 is 1.25. The fourth-order valence-electron chi connectivity index (χ4n) is 1.42. The van der Waals surface area contributed by atoms with E-state index in [0.29, 0.717) is 6.54 Å². The molecule has 0 aromatic heterocycles. The zero-order valence-corrected chi connectivity index (χ0v) is 11.6. The molecule has 17 heavy (non-hydrogen) atoms. The maximum atomic E-state index is 11.4. The van der Waals surface area contributed by atoms with Crippen LogP contribution in [0.15, 0.2) is 12.2 Å². The van der Waals surface area contributed by atoms with Crippen molar-refractivity contribution < 1.29 is 9.59 Å². The molecule has 0 aliphatic heterocycles. The molecular formula is C12H22N2O2S. The van der Waals surface area contributed by atoms with Gasteiger partial charge in [0.05, 0.1) is 6.04 Å². The molecule has 98 valence electrons. The van der Waals surface area contributed by atoms with E-state index in [2.05, 4.69) is 10.6 Å². The van der Waals surface area contributed by atoms with Gasteiger partial charge in [-0.25, -0.2) is 0 Å². The lowest BCUT2D eigenvalue weighted by atomic mass is 10.1.